The number of aryl methyl sites for hydroxylation is 2. The lowest BCUT2D eigenvalue weighted by atomic mass is 9.61. The maximum absolute atomic E-state index is 14.3. The second-order valence-electron chi connectivity index (χ2n) is 13.2. The zero-order valence-corrected chi connectivity index (χ0v) is 29.1. The fourth-order valence-electron chi connectivity index (χ4n) is 6.73. The third kappa shape index (κ3) is 7.86. The van der Waals surface area contributed by atoms with E-state index >= 15 is 0 Å². The highest BCUT2D eigenvalue weighted by Crippen LogP contribution is 2.48. The molecule has 3 N–H and O–H groups in total. The first-order chi connectivity index (χ1) is 23.4. The first-order valence-corrected chi connectivity index (χ1v) is 16.8. The van der Waals surface area contributed by atoms with Crippen LogP contribution in [0, 0.1) is 39.5 Å². The number of anilines is 2. The third-order valence-corrected chi connectivity index (χ3v) is 9.70. The molecule has 1 aliphatic carbocycles. The molecule has 1 aliphatic rings. The standard InChI is InChI=1S/C41H46N2O6/c1-7-48-35-23-30(19-20-34(35)49-22-21-29-15-9-8-10-16-29)36-37(39(45)42-31-17-11-13-25(2)27(31)4)33(44)24-41(6,47)38(36)40(46)43-32-18-12-14-26(3)28(32)5/h8-20,23,36-38,47H,7,21-22,24H2,1-6H3,(H,42,45)(H,43,46). The number of hydrogen-bond donors (Lipinski definition) is 3. The van der Waals surface area contributed by atoms with Gasteiger partial charge < -0.3 is 25.2 Å². The molecule has 0 bridgehead atoms. The van der Waals surface area contributed by atoms with Gasteiger partial charge in [0.25, 0.3) is 0 Å². The molecule has 4 aromatic carbocycles. The molecule has 8 heteroatoms. The van der Waals surface area contributed by atoms with E-state index in [1.165, 1.54) is 6.92 Å². The van der Waals surface area contributed by atoms with Crippen LogP contribution in [-0.4, -0.2) is 41.5 Å². The van der Waals surface area contributed by atoms with Gasteiger partial charge in [0.2, 0.25) is 11.8 Å². The summed E-state index contributed by atoms with van der Waals surface area (Å²) in [6.45, 7) is 11.8. The second-order valence-corrected chi connectivity index (χ2v) is 13.2. The lowest BCUT2D eigenvalue weighted by Gasteiger charge is -2.44. The van der Waals surface area contributed by atoms with Crippen molar-refractivity contribution in [2.24, 2.45) is 11.8 Å². The first kappa shape index (κ1) is 35.4. The average Bonchev–Trinajstić information content (AvgIpc) is 3.05. The van der Waals surface area contributed by atoms with Crippen molar-refractivity contribution >= 4 is 29.0 Å². The van der Waals surface area contributed by atoms with Gasteiger partial charge in [-0.1, -0.05) is 60.7 Å². The van der Waals surface area contributed by atoms with Crippen molar-refractivity contribution in [2.75, 3.05) is 23.8 Å². The van der Waals surface area contributed by atoms with Crippen LogP contribution < -0.4 is 20.1 Å². The molecule has 49 heavy (non-hydrogen) atoms. The van der Waals surface area contributed by atoms with E-state index in [2.05, 4.69) is 10.6 Å². The number of carbonyl (C=O) groups excluding carboxylic acids is 3. The largest absolute Gasteiger partial charge is 0.490 e. The number of ketones is 1. The second kappa shape index (κ2) is 15.1. The molecule has 256 valence electrons. The molecule has 0 radical (unpaired) electrons. The molecule has 0 aliphatic heterocycles. The molecule has 1 fully saturated rings. The van der Waals surface area contributed by atoms with Gasteiger partial charge in [0.05, 0.1) is 24.7 Å². The Morgan fingerprint density at radius 3 is 2.02 bits per heavy atom. The van der Waals surface area contributed by atoms with Gasteiger partial charge in [-0.05, 0) is 99.2 Å². The van der Waals surface area contributed by atoms with E-state index in [9.17, 15) is 19.5 Å². The van der Waals surface area contributed by atoms with E-state index in [4.69, 9.17) is 9.47 Å². The van der Waals surface area contributed by atoms with E-state index in [1.807, 2.05) is 89.2 Å². The van der Waals surface area contributed by atoms with Crippen molar-refractivity contribution < 1.29 is 29.0 Å². The minimum atomic E-state index is -1.75. The lowest BCUT2D eigenvalue weighted by Crippen LogP contribution is -2.56. The van der Waals surface area contributed by atoms with Crippen LogP contribution in [0.15, 0.2) is 84.9 Å². The van der Waals surface area contributed by atoms with Gasteiger partial charge in [0, 0.05) is 30.1 Å². The number of Topliss-reactive ketones (excluding diaryl/α,β-unsaturated/α-hetero) is 1. The smallest absolute Gasteiger partial charge is 0.235 e. The minimum absolute atomic E-state index is 0.340. The van der Waals surface area contributed by atoms with Crippen LogP contribution in [0.2, 0.25) is 0 Å². The van der Waals surface area contributed by atoms with Gasteiger partial charge in [0.1, 0.15) is 11.7 Å². The molecule has 4 atom stereocenters. The maximum Gasteiger partial charge on any atom is 0.235 e. The normalized spacial score (nSPS) is 20.4. The predicted molar refractivity (Wildman–Crippen MR) is 192 cm³/mol. The fourth-order valence-corrected chi connectivity index (χ4v) is 6.73. The van der Waals surface area contributed by atoms with Crippen molar-refractivity contribution in [1.29, 1.82) is 0 Å². The van der Waals surface area contributed by atoms with Crippen molar-refractivity contribution in [3.05, 3.63) is 118 Å². The summed E-state index contributed by atoms with van der Waals surface area (Å²) in [6.07, 6.45) is 0.327. The molecule has 8 nitrogen and oxygen atoms in total. The summed E-state index contributed by atoms with van der Waals surface area (Å²) < 4.78 is 12.2. The average molecular weight is 663 g/mol. The van der Waals surface area contributed by atoms with Gasteiger partial charge in [0.15, 0.2) is 11.5 Å². The molecule has 4 unspecified atom stereocenters. The van der Waals surface area contributed by atoms with Crippen LogP contribution in [0.25, 0.3) is 0 Å². The summed E-state index contributed by atoms with van der Waals surface area (Å²) in [4.78, 5) is 42.5. The molecule has 5 rings (SSSR count). The van der Waals surface area contributed by atoms with Crippen LogP contribution in [0.1, 0.15) is 59.6 Å². The molecule has 4 aromatic rings. The molecule has 0 aromatic heterocycles. The van der Waals surface area contributed by atoms with Gasteiger partial charge >= 0.3 is 0 Å². The number of carbonyl (C=O) groups is 3. The van der Waals surface area contributed by atoms with E-state index < -0.39 is 41.0 Å². The molecular weight excluding hydrogens is 616 g/mol. The van der Waals surface area contributed by atoms with Gasteiger partial charge in [-0.25, -0.2) is 0 Å². The Hall–Kier alpha value is -4.95. The molecule has 0 heterocycles. The lowest BCUT2D eigenvalue weighted by molar-refractivity contribution is -0.150. The van der Waals surface area contributed by atoms with E-state index in [0.717, 1.165) is 27.8 Å². The highest BCUT2D eigenvalue weighted by Gasteiger charge is 2.56. The Kier molecular flexibility index (Phi) is 10.9. The summed E-state index contributed by atoms with van der Waals surface area (Å²) in [5, 5.41) is 17.8. The molecule has 0 spiro atoms. The number of hydrogen-bond acceptors (Lipinski definition) is 6. The van der Waals surface area contributed by atoms with Crippen LogP contribution in [-0.2, 0) is 20.8 Å². The van der Waals surface area contributed by atoms with E-state index in [1.54, 1.807) is 30.3 Å². The summed E-state index contributed by atoms with van der Waals surface area (Å²) in [7, 11) is 0. The number of benzene rings is 4. The van der Waals surface area contributed by atoms with Crippen LogP contribution in [0.3, 0.4) is 0 Å². The first-order valence-electron chi connectivity index (χ1n) is 16.8. The van der Waals surface area contributed by atoms with E-state index in [0.29, 0.717) is 48.1 Å². The molecule has 0 saturated heterocycles. The Labute approximate surface area is 288 Å². The van der Waals surface area contributed by atoms with Crippen molar-refractivity contribution in [3.63, 3.8) is 0 Å². The number of amides is 2. The molecule has 1 saturated carbocycles. The zero-order chi connectivity index (χ0) is 35.3. The predicted octanol–water partition coefficient (Wildman–Crippen LogP) is 7.26. The highest BCUT2D eigenvalue weighted by atomic mass is 16.5. The third-order valence-electron chi connectivity index (χ3n) is 9.70. The molecule has 2 amide bonds. The SMILES string of the molecule is CCOc1cc(C2C(C(=O)Nc3cccc(C)c3C)C(=O)CC(C)(O)C2C(=O)Nc2cccc(C)c2C)ccc1OCCc1ccccc1. The number of aliphatic hydroxyl groups is 1. The van der Waals surface area contributed by atoms with Crippen molar-refractivity contribution in [2.45, 2.75) is 65.9 Å². The number of rotatable bonds is 11. The Morgan fingerprint density at radius 1 is 0.796 bits per heavy atom. The van der Waals surface area contributed by atoms with Gasteiger partial charge in [-0.3, -0.25) is 14.4 Å². The van der Waals surface area contributed by atoms with Crippen LogP contribution in [0.5, 0.6) is 11.5 Å². The van der Waals surface area contributed by atoms with Crippen LogP contribution in [0.4, 0.5) is 11.4 Å². The topological polar surface area (TPSA) is 114 Å². The fraction of sp³-hybridized carbons (Fsp3) is 0.341. The summed E-state index contributed by atoms with van der Waals surface area (Å²) >= 11 is 0. The Balaban J connectivity index is 1.56. The molecular formula is C41H46N2O6. The summed E-state index contributed by atoms with van der Waals surface area (Å²) in [6, 6.07) is 26.4. The monoisotopic (exact) mass is 662 g/mol. The summed E-state index contributed by atoms with van der Waals surface area (Å²) in [5.74, 6) is -4.01. The van der Waals surface area contributed by atoms with Gasteiger partial charge in [-0.15, -0.1) is 0 Å². The van der Waals surface area contributed by atoms with Crippen molar-refractivity contribution in [1.82, 2.24) is 0 Å². The zero-order valence-electron chi connectivity index (χ0n) is 29.1. The maximum atomic E-state index is 14.3. The van der Waals surface area contributed by atoms with Crippen molar-refractivity contribution in [3.8, 4) is 11.5 Å². The minimum Gasteiger partial charge on any atom is -0.490 e. The van der Waals surface area contributed by atoms with E-state index in [-0.39, 0.29) is 6.42 Å². The number of ether oxygens (including phenoxy) is 2. The number of nitrogens with one attached hydrogen (secondary N) is 2. The van der Waals surface area contributed by atoms with Gasteiger partial charge in [-0.2, -0.15) is 0 Å². The Bertz CT molecular complexity index is 1830. The van der Waals surface area contributed by atoms with Crippen LogP contribution >= 0.6 is 0 Å². The summed E-state index contributed by atoms with van der Waals surface area (Å²) in [5.41, 5.74) is 4.83. The Morgan fingerprint density at radius 2 is 1.41 bits per heavy atom. The highest BCUT2D eigenvalue weighted by molar-refractivity contribution is 6.10. The quantitative estimate of drug-likeness (QED) is 0.146.